The molecule has 7 nitrogen and oxygen atoms in total. The molecule has 7 heteroatoms. The lowest BCUT2D eigenvalue weighted by Gasteiger charge is -2.29. The van der Waals surface area contributed by atoms with Gasteiger partial charge in [-0.25, -0.2) is 9.97 Å². The summed E-state index contributed by atoms with van der Waals surface area (Å²) in [6, 6.07) is 3.44. The Morgan fingerprint density at radius 1 is 1.25 bits per heavy atom. The summed E-state index contributed by atoms with van der Waals surface area (Å²) < 4.78 is 0. The normalized spacial score (nSPS) is 11.7. The minimum absolute atomic E-state index is 0.0641. The predicted molar refractivity (Wildman–Crippen MR) is 96.3 cm³/mol. The Balaban J connectivity index is 0.00000100. The van der Waals surface area contributed by atoms with E-state index in [4.69, 9.17) is 0 Å². The van der Waals surface area contributed by atoms with Crippen LogP contribution in [0, 0.1) is 6.92 Å². The van der Waals surface area contributed by atoms with Gasteiger partial charge in [-0.15, -0.1) is 0 Å². The average molecular weight is 328 g/mol. The van der Waals surface area contributed by atoms with Gasteiger partial charge in [0.25, 0.3) is 0 Å². The number of H-pyrrole nitrogens is 2. The van der Waals surface area contributed by atoms with Crippen LogP contribution in [0.5, 0.6) is 0 Å². The number of anilines is 1. The van der Waals surface area contributed by atoms with Crippen LogP contribution in [-0.2, 0) is 0 Å². The van der Waals surface area contributed by atoms with E-state index in [2.05, 4.69) is 43.9 Å². The van der Waals surface area contributed by atoms with Crippen LogP contribution in [0.4, 0.5) is 5.82 Å². The fourth-order valence-corrected chi connectivity index (χ4v) is 2.62. The summed E-state index contributed by atoms with van der Waals surface area (Å²) in [5.41, 5.74) is 1.65. The molecule has 0 spiro atoms. The summed E-state index contributed by atoms with van der Waals surface area (Å²) in [6.07, 6.45) is 3.49. The third kappa shape index (κ3) is 3.45. The predicted octanol–water partition coefficient (Wildman–Crippen LogP) is 2.96. The lowest BCUT2D eigenvalue weighted by atomic mass is 10.1. The molecule has 0 aliphatic carbocycles. The molecule has 0 aromatic carbocycles. The summed E-state index contributed by atoms with van der Waals surface area (Å²) in [5.74, 6) is 1.54. The lowest BCUT2D eigenvalue weighted by Crippen LogP contribution is -2.28. The van der Waals surface area contributed by atoms with E-state index in [1.807, 2.05) is 26.8 Å². The zero-order valence-corrected chi connectivity index (χ0v) is 14.8. The van der Waals surface area contributed by atoms with Crippen LogP contribution in [0.2, 0.25) is 0 Å². The summed E-state index contributed by atoms with van der Waals surface area (Å²) in [4.78, 5) is 25.1. The van der Waals surface area contributed by atoms with Gasteiger partial charge in [0.2, 0.25) is 5.56 Å². The molecule has 3 heterocycles. The van der Waals surface area contributed by atoms with Crippen molar-refractivity contribution in [2.45, 2.75) is 40.7 Å². The number of aryl methyl sites for hydroxylation is 1. The first kappa shape index (κ1) is 17.7. The molecule has 3 aromatic heterocycles. The Bertz CT molecular complexity index is 833. The van der Waals surface area contributed by atoms with E-state index in [0.29, 0.717) is 5.82 Å². The fourth-order valence-electron chi connectivity index (χ4n) is 2.62. The molecule has 128 valence electrons. The van der Waals surface area contributed by atoms with Crippen molar-refractivity contribution >= 4 is 16.9 Å². The van der Waals surface area contributed by atoms with Crippen molar-refractivity contribution in [1.29, 1.82) is 0 Å². The molecule has 0 aliphatic heterocycles. The zero-order valence-electron chi connectivity index (χ0n) is 14.8. The summed E-state index contributed by atoms with van der Waals surface area (Å²) in [6.45, 7) is 10.8. The molecular weight excluding hydrogens is 304 g/mol. The van der Waals surface area contributed by atoms with Crippen molar-refractivity contribution in [2.24, 2.45) is 0 Å². The molecular formula is C17H24N6O. The van der Waals surface area contributed by atoms with Crippen molar-refractivity contribution in [3.63, 3.8) is 0 Å². The molecule has 3 rings (SSSR count). The van der Waals surface area contributed by atoms with E-state index in [-0.39, 0.29) is 11.6 Å². The van der Waals surface area contributed by atoms with E-state index in [9.17, 15) is 4.79 Å². The molecule has 0 aliphatic rings. The van der Waals surface area contributed by atoms with Gasteiger partial charge in [0, 0.05) is 18.8 Å². The zero-order chi connectivity index (χ0) is 17.7. The maximum atomic E-state index is 11.2. The quantitative estimate of drug-likeness (QED) is 0.768. The van der Waals surface area contributed by atoms with Crippen LogP contribution in [0.25, 0.3) is 11.0 Å². The lowest BCUT2D eigenvalue weighted by molar-refractivity contribution is 0.677. The summed E-state index contributed by atoms with van der Waals surface area (Å²) in [7, 11) is 0. The molecule has 0 saturated heterocycles. The molecule has 0 bridgehead atoms. The largest absolute Gasteiger partial charge is 0.349 e. The number of fused-ring (bicyclic) bond motifs is 1. The van der Waals surface area contributed by atoms with Gasteiger partial charge in [-0.1, -0.05) is 19.9 Å². The second-order valence-corrected chi connectivity index (χ2v) is 5.17. The number of hydrogen-bond acceptors (Lipinski definition) is 5. The molecule has 3 aromatic rings. The van der Waals surface area contributed by atoms with Gasteiger partial charge >= 0.3 is 0 Å². The molecule has 2 N–H and O–H groups in total. The fraction of sp³-hybridized carbons (Fsp3) is 0.412. The SMILES string of the molecule is CC.CCN(c1nc(C)nc2[nH]ncc12)C(C)c1ccc(=O)[nH]c1. The van der Waals surface area contributed by atoms with Gasteiger partial charge < -0.3 is 9.88 Å². The Hall–Kier alpha value is -2.70. The maximum Gasteiger partial charge on any atom is 0.247 e. The number of rotatable bonds is 4. The standard InChI is InChI=1S/C15H18N6O.C2H6/c1-4-21(9(2)11-5-6-13(22)16-7-11)15-12-8-17-20-14(12)18-10(3)19-15;1-2/h5-9H,4H2,1-3H3,(H,16,22)(H,17,18,19,20);1-2H3. The van der Waals surface area contributed by atoms with E-state index < -0.39 is 0 Å². The number of nitrogens with one attached hydrogen (secondary N) is 2. The van der Waals surface area contributed by atoms with Crippen molar-refractivity contribution in [2.75, 3.05) is 11.4 Å². The second-order valence-electron chi connectivity index (χ2n) is 5.17. The Labute approximate surface area is 141 Å². The Morgan fingerprint density at radius 2 is 2.00 bits per heavy atom. The third-order valence-corrected chi connectivity index (χ3v) is 3.77. The summed E-state index contributed by atoms with van der Waals surface area (Å²) >= 11 is 0. The van der Waals surface area contributed by atoms with Gasteiger partial charge in [-0.3, -0.25) is 9.89 Å². The van der Waals surface area contributed by atoms with Crippen LogP contribution in [0.1, 0.15) is 45.1 Å². The van der Waals surface area contributed by atoms with Gasteiger partial charge in [-0.05, 0) is 26.3 Å². The van der Waals surface area contributed by atoms with Crippen molar-refractivity contribution in [3.8, 4) is 0 Å². The maximum absolute atomic E-state index is 11.2. The second kappa shape index (κ2) is 7.72. The summed E-state index contributed by atoms with van der Waals surface area (Å²) in [5, 5.41) is 7.84. The highest BCUT2D eigenvalue weighted by atomic mass is 16.1. The van der Waals surface area contributed by atoms with Gasteiger partial charge in [0.15, 0.2) is 5.65 Å². The van der Waals surface area contributed by atoms with Crippen molar-refractivity contribution in [1.82, 2.24) is 25.1 Å². The topological polar surface area (TPSA) is 90.6 Å². The van der Waals surface area contributed by atoms with Crippen LogP contribution >= 0.6 is 0 Å². The molecule has 1 unspecified atom stereocenters. The monoisotopic (exact) mass is 328 g/mol. The first-order valence-electron chi connectivity index (χ1n) is 8.23. The average Bonchev–Trinajstić information content (AvgIpc) is 3.06. The van der Waals surface area contributed by atoms with Crippen LogP contribution in [-0.4, -0.2) is 31.7 Å². The third-order valence-electron chi connectivity index (χ3n) is 3.77. The van der Waals surface area contributed by atoms with Crippen molar-refractivity contribution in [3.05, 3.63) is 46.3 Å². The Kier molecular flexibility index (Phi) is 5.68. The van der Waals surface area contributed by atoms with Crippen LogP contribution in [0.15, 0.2) is 29.3 Å². The molecule has 24 heavy (non-hydrogen) atoms. The first-order valence-corrected chi connectivity index (χ1v) is 8.23. The number of nitrogens with zero attached hydrogens (tertiary/aromatic N) is 4. The molecule has 0 amide bonds. The van der Waals surface area contributed by atoms with Gasteiger partial charge in [0.05, 0.1) is 17.6 Å². The number of aromatic amines is 2. The highest BCUT2D eigenvalue weighted by molar-refractivity contribution is 5.86. The minimum atomic E-state index is -0.103. The van der Waals surface area contributed by atoms with Gasteiger partial charge in [0.1, 0.15) is 11.6 Å². The first-order chi connectivity index (χ1) is 11.6. The number of pyridine rings is 1. The smallest absolute Gasteiger partial charge is 0.247 e. The highest BCUT2D eigenvalue weighted by Crippen LogP contribution is 2.29. The minimum Gasteiger partial charge on any atom is -0.349 e. The van der Waals surface area contributed by atoms with Crippen LogP contribution in [0.3, 0.4) is 0 Å². The Morgan fingerprint density at radius 3 is 2.62 bits per heavy atom. The van der Waals surface area contributed by atoms with E-state index in [1.54, 1.807) is 18.5 Å². The molecule has 1 atom stereocenters. The van der Waals surface area contributed by atoms with E-state index in [1.165, 1.54) is 0 Å². The van der Waals surface area contributed by atoms with Crippen LogP contribution < -0.4 is 10.5 Å². The van der Waals surface area contributed by atoms with E-state index in [0.717, 1.165) is 29.0 Å². The van der Waals surface area contributed by atoms with E-state index >= 15 is 0 Å². The van der Waals surface area contributed by atoms with Gasteiger partial charge in [-0.2, -0.15) is 5.10 Å². The molecule has 0 fully saturated rings. The molecule has 0 saturated carbocycles. The van der Waals surface area contributed by atoms with Crippen molar-refractivity contribution < 1.29 is 0 Å². The number of aromatic nitrogens is 5. The molecule has 0 radical (unpaired) electrons. The number of hydrogen-bond donors (Lipinski definition) is 2. The highest BCUT2D eigenvalue weighted by Gasteiger charge is 2.20.